The Morgan fingerprint density at radius 2 is 1.82 bits per heavy atom. The molecule has 180 valence electrons. The van der Waals surface area contributed by atoms with Gasteiger partial charge in [0.05, 0.1) is 4.90 Å². The second-order valence-corrected chi connectivity index (χ2v) is 12.7. The highest BCUT2D eigenvalue weighted by molar-refractivity contribution is 7.89. The number of anilines is 1. The topological polar surface area (TPSA) is 73.5 Å². The molecular weight excluding hydrogens is 446 g/mol. The number of rotatable bonds is 3. The Morgan fingerprint density at radius 3 is 2.53 bits per heavy atom. The normalized spacial score (nSPS) is 21.1. The number of Topliss-reactive ketones (excluding diaryl/α,β-unsaturated/α-hetero) is 1. The lowest BCUT2D eigenvalue weighted by atomic mass is 9.76. The minimum atomic E-state index is -3.67. The van der Waals surface area contributed by atoms with Gasteiger partial charge in [-0.25, -0.2) is 8.42 Å². The predicted molar refractivity (Wildman–Crippen MR) is 136 cm³/mol. The summed E-state index contributed by atoms with van der Waals surface area (Å²) in [6.07, 6.45) is 1.29. The first-order valence-electron chi connectivity index (χ1n) is 12.0. The molecule has 6 nitrogen and oxygen atoms in total. The minimum Gasteiger partial charge on any atom is -0.366 e. The molecule has 5 rings (SSSR count). The van der Waals surface area contributed by atoms with Crippen LogP contribution in [0.3, 0.4) is 0 Å². The molecule has 1 aliphatic carbocycles. The molecule has 1 aliphatic heterocycles. The zero-order valence-corrected chi connectivity index (χ0v) is 21.4. The third-order valence-electron chi connectivity index (χ3n) is 7.29. The number of piperazine rings is 1. The minimum absolute atomic E-state index is 0.0621. The quantitative estimate of drug-likeness (QED) is 0.583. The molecule has 0 spiro atoms. The standard InChI is InChI=1S/C27H33N3O3S/c1-17-7-6-8-20(11-17)30-10-9-29(16-19(30)3)34(32,33)25-13-22-21(12-18(25)2)26-23(28-22)14-27(4,5)15-24(26)31/h6-8,11-13,19,28H,9-10,14-16H2,1-5H3. The number of hydrogen-bond donors (Lipinski definition) is 1. The number of carbonyl (C=O) groups excluding carboxylic acids is 1. The van der Waals surface area contributed by atoms with Gasteiger partial charge >= 0.3 is 0 Å². The van der Waals surface area contributed by atoms with E-state index in [4.69, 9.17) is 0 Å². The lowest BCUT2D eigenvalue weighted by molar-refractivity contribution is 0.0913. The van der Waals surface area contributed by atoms with E-state index in [2.05, 4.69) is 55.8 Å². The van der Waals surface area contributed by atoms with Crippen molar-refractivity contribution >= 4 is 32.4 Å². The van der Waals surface area contributed by atoms with E-state index in [0.717, 1.165) is 34.3 Å². The fraction of sp³-hybridized carbons (Fsp3) is 0.444. The molecule has 1 aromatic heterocycles. The van der Waals surface area contributed by atoms with Crippen LogP contribution >= 0.6 is 0 Å². The molecule has 1 unspecified atom stereocenters. The molecule has 1 fully saturated rings. The predicted octanol–water partition coefficient (Wildman–Crippen LogP) is 4.84. The van der Waals surface area contributed by atoms with Crippen LogP contribution in [0.5, 0.6) is 0 Å². The molecule has 0 amide bonds. The number of H-pyrrole nitrogens is 1. The number of sulfonamides is 1. The summed E-state index contributed by atoms with van der Waals surface area (Å²) < 4.78 is 29.1. The van der Waals surface area contributed by atoms with Crippen molar-refractivity contribution in [2.24, 2.45) is 5.41 Å². The first-order chi connectivity index (χ1) is 16.0. The maximum atomic E-state index is 13.7. The number of aromatic nitrogens is 1. The number of ketones is 1. The molecule has 7 heteroatoms. The summed E-state index contributed by atoms with van der Waals surface area (Å²) in [6, 6.07) is 12.0. The lowest BCUT2D eigenvalue weighted by Gasteiger charge is -2.40. The first kappa shape index (κ1) is 23.1. The maximum Gasteiger partial charge on any atom is 0.243 e. The summed E-state index contributed by atoms with van der Waals surface area (Å²) in [4.78, 5) is 18.8. The SMILES string of the molecule is Cc1cccc(N2CCN(S(=O)(=O)c3cc4[nH]c5c(c4cc3C)C(=O)CC(C)(C)C5)CC2C)c1. The Morgan fingerprint density at radius 1 is 1.06 bits per heavy atom. The molecule has 1 saturated heterocycles. The number of carbonyl (C=O) groups is 1. The Bertz CT molecular complexity index is 1400. The van der Waals surface area contributed by atoms with Crippen LogP contribution in [0.4, 0.5) is 5.69 Å². The van der Waals surface area contributed by atoms with Gasteiger partial charge in [0.1, 0.15) is 0 Å². The zero-order valence-electron chi connectivity index (χ0n) is 20.6. The van der Waals surface area contributed by atoms with Gasteiger partial charge in [0, 0.05) is 59.9 Å². The second-order valence-electron chi connectivity index (χ2n) is 10.8. The van der Waals surface area contributed by atoms with E-state index in [1.54, 1.807) is 10.4 Å². The summed E-state index contributed by atoms with van der Waals surface area (Å²) in [5, 5.41) is 0.838. The highest BCUT2D eigenvalue weighted by atomic mass is 32.2. The number of nitrogens with one attached hydrogen (secondary N) is 1. The van der Waals surface area contributed by atoms with Crippen molar-refractivity contribution in [3.63, 3.8) is 0 Å². The van der Waals surface area contributed by atoms with Crippen molar-refractivity contribution in [3.05, 3.63) is 58.8 Å². The zero-order chi connectivity index (χ0) is 24.4. The lowest BCUT2D eigenvalue weighted by Crippen LogP contribution is -2.53. The van der Waals surface area contributed by atoms with Crippen molar-refractivity contribution in [2.75, 3.05) is 24.5 Å². The fourth-order valence-corrected chi connectivity index (χ4v) is 7.40. The van der Waals surface area contributed by atoms with Crippen molar-refractivity contribution in [3.8, 4) is 0 Å². The smallest absolute Gasteiger partial charge is 0.243 e. The number of benzene rings is 2. The highest BCUT2D eigenvalue weighted by Gasteiger charge is 2.36. The molecule has 3 aromatic rings. The highest BCUT2D eigenvalue weighted by Crippen LogP contribution is 2.39. The van der Waals surface area contributed by atoms with Gasteiger partial charge in [-0.05, 0) is 68.0 Å². The van der Waals surface area contributed by atoms with E-state index >= 15 is 0 Å². The molecule has 2 heterocycles. The van der Waals surface area contributed by atoms with E-state index in [-0.39, 0.29) is 17.2 Å². The van der Waals surface area contributed by atoms with Gasteiger partial charge in [-0.2, -0.15) is 4.31 Å². The van der Waals surface area contributed by atoms with Crippen LogP contribution in [0.1, 0.15) is 54.4 Å². The van der Waals surface area contributed by atoms with Gasteiger partial charge in [-0.1, -0.05) is 26.0 Å². The van der Waals surface area contributed by atoms with Gasteiger partial charge < -0.3 is 9.88 Å². The summed E-state index contributed by atoms with van der Waals surface area (Å²) in [6.45, 7) is 11.7. The maximum absolute atomic E-state index is 13.7. The number of fused-ring (bicyclic) bond motifs is 3. The third-order valence-corrected chi connectivity index (χ3v) is 9.29. The molecule has 0 saturated carbocycles. The van der Waals surface area contributed by atoms with E-state index < -0.39 is 10.0 Å². The number of aromatic amines is 1. The first-order valence-corrected chi connectivity index (χ1v) is 13.4. The molecule has 0 bridgehead atoms. The molecule has 2 aromatic carbocycles. The van der Waals surface area contributed by atoms with Gasteiger partial charge in [-0.15, -0.1) is 0 Å². The van der Waals surface area contributed by atoms with Crippen LogP contribution in [-0.4, -0.2) is 49.2 Å². The molecule has 34 heavy (non-hydrogen) atoms. The molecule has 2 aliphatic rings. The summed E-state index contributed by atoms with van der Waals surface area (Å²) in [5.41, 5.74) is 5.30. The average Bonchev–Trinajstić information content (AvgIpc) is 3.08. The van der Waals surface area contributed by atoms with Gasteiger partial charge in [0.15, 0.2) is 5.78 Å². The molecule has 1 N–H and O–H groups in total. The second kappa shape index (κ2) is 7.95. The monoisotopic (exact) mass is 479 g/mol. The molecule has 1 atom stereocenters. The fourth-order valence-electron chi connectivity index (χ4n) is 5.65. The third kappa shape index (κ3) is 3.85. The van der Waals surface area contributed by atoms with Crippen LogP contribution in [0.25, 0.3) is 10.9 Å². The Kier molecular flexibility index (Phi) is 5.41. The van der Waals surface area contributed by atoms with E-state index in [0.29, 0.717) is 36.5 Å². The number of aryl methyl sites for hydroxylation is 2. The largest absolute Gasteiger partial charge is 0.366 e. The van der Waals surface area contributed by atoms with E-state index in [9.17, 15) is 13.2 Å². The van der Waals surface area contributed by atoms with Gasteiger partial charge in [0.25, 0.3) is 0 Å². The van der Waals surface area contributed by atoms with Crippen molar-refractivity contribution in [1.29, 1.82) is 0 Å². The van der Waals surface area contributed by atoms with E-state index in [1.165, 1.54) is 5.56 Å². The molecule has 0 radical (unpaired) electrons. The van der Waals surface area contributed by atoms with Crippen LogP contribution < -0.4 is 4.90 Å². The average molecular weight is 480 g/mol. The summed E-state index contributed by atoms with van der Waals surface area (Å²) in [5.74, 6) is 0.133. The number of nitrogens with zero attached hydrogens (tertiary/aromatic N) is 2. The van der Waals surface area contributed by atoms with Crippen molar-refractivity contribution < 1.29 is 13.2 Å². The summed E-state index contributed by atoms with van der Waals surface area (Å²) in [7, 11) is -3.67. The van der Waals surface area contributed by atoms with Gasteiger partial charge in [0.2, 0.25) is 10.0 Å². The Hall–Kier alpha value is -2.64. The van der Waals surface area contributed by atoms with Crippen molar-refractivity contribution in [2.45, 2.75) is 58.4 Å². The van der Waals surface area contributed by atoms with Crippen LogP contribution in [-0.2, 0) is 16.4 Å². The Balaban J connectivity index is 1.46. The summed E-state index contributed by atoms with van der Waals surface area (Å²) >= 11 is 0. The molecular formula is C27H33N3O3S. The van der Waals surface area contributed by atoms with Gasteiger partial charge in [-0.3, -0.25) is 4.79 Å². The van der Waals surface area contributed by atoms with Crippen LogP contribution in [0.2, 0.25) is 0 Å². The van der Waals surface area contributed by atoms with Crippen LogP contribution in [0, 0.1) is 19.3 Å². The van der Waals surface area contributed by atoms with Crippen molar-refractivity contribution in [1.82, 2.24) is 9.29 Å². The van der Waals surface area contributed by atoms with E-state index in [1.807, 2.05) is 19.1 Å². The Labute approximate surface area is 202 Å². The van der Waals surface area contributed by atoms with Crippen LogP contribution in [0.15, 0.2) is 41.3 Å². The number of hydrogen-bond acceptors (Lipinski definition) is 4.